The lowest BCUT2D eigenvalue weighted by molar-refractivity contribution is 0.102. The molecule has 1 N–H and O–H groups in total. The first-order valence-electron chi connectivity index (χ1n) is 8.54. The smallest absolute Gasteiger partial charge is 0.255 e. The summed E-state index contributed by atoms with van der Waals surface area (Å²) in [7, 11) is 0. The molecule has 0 aromatic heterocycles. The number of carbonyl (C=O) groups excluding carboxylic acids is 1. The van der Waals surface area contributed by atoms with Crippen molar-refractivity contribution >= 4 is 34.2 Å². The highest BCUT2D eigenvalue weighted by Crippen LogP contribution is 2.17. The van der Waals surface area contributed by atoms with Crippen LogP contribution in [-0.2, 0) is 6.42 Å². The number of carbonyl (C=O) groups is 1. The Hall–Kier alpha value is -2.34. The number of aryl methyl sites for hydroxylation is 1. The average Bonchev–Trinajstić information content (AvgIpc) is 2.67. The third-order valence-electron chi connectivity index (χ3n) is 3.92. The molecule has 0 bridgehead atoms. The van der Waals surface area contributed by atoms with Crippen LogP contribution >= 0.6 is 22.6 Å². The Morgan fingerprint density at radius 3 is 2.42 bits per heavy atom. The van der Waals surface area contributed by atoms with E-state index < -0.39 is 0 Å². The molecule has 0 heterocycles. The number of benzene rings is 3. The van der Waals surface area contributed by atoms with Gasteiger partial charge in [-0.05, 0) is 83.5 Å². The van der Waals surface area contributed by atoms with Crippen LogP contribution in [0.1, 0.15) is 22.3 Å². The molecule has 0 aliphatic carbocycles. The summed E-state index contributed by atoms with van der Waals surface area (Å²) >= 11 is 2.20. The van der Waals surface area contributed by atoms with E-state index in [1.54, 1.807) is 0 Å². The molecule has 3 nitrogen and oxygen atoms in total. The Bertz CT molecular complexity index is 848. The van der Waals surface area contributed by atoms with Crippen LogP contribution in [0.25, 0.3) is 0 Å². The zero-order valence-electron chi connectivity index (χ0n) is 14.3. The van der Waals surface area contributed by atoms with Crippen molar-refractivity contribution in [3.05, 3.63) is 93.6 Å². The topological polar surface area (TPSA) is 38.3 Å². The second-order valence-corrected chi connectivity index (χ2v) is 7.17. The van der Waals surface area contributed by atoms with Gasteiger partial charge in [-0.25, -0.2) is 0 Å². The van der Waals surface area contributed by atoms with Gasteiger partial charge in [-0.3, -0.25) is 4.79 Å². The van der Waals surface area contributed by atoms with Gasteiger partial charge in [0.05, 0.1) is 6.61 Å². The summed E-state index contributed by atoms with van der Waals surface area (Å²) in [5.74, 6) is 0.699. The monoisotopic (exact) mass is 457 g/mol. The lowest BCUT2D eigenvalue weighted by Gasteiger charge is -2.09. The van der Waals surface area contributed by atoms with Crippen molar-refractivity contribution in [2.24, 2.45) is 0 Å². The van der Waals surface area contributed by atoms with Crippen LogP contribution in [0.4, 0.5) is 5.69 Å². The molecule has 4 heteroatoms. The van der Waals surface area contributed by atoms with E-state index in [1.165, 1.54) is 5.56 Å². The van der Waals surface area contributed by atoms with Gasteiger partial charge in [0, 0.05) is 14.8 Å². The normalized spacial score (nSPS) is 10.3. The van der Waals surface area contributed by atoms with Gasteiger partial charge in [-0.2, -0.15) is 0 Å². The van der Waals surface area contributed by atoms with Crippen LogP contribution in [0.15, 0.2) is 78.9 Å². The Morgan fingerprint density at radius 2 is 1.69 bits per heavy atom. The molecule has 3 rings (SSSR count). The van der Waals surface area contributed by atoms with Crippen molar-refractivity contribution in [3.8, 4) is 5.75 Å². The summed E-state index contributed by atoms with van der Waals surface area (Å²) in [5, 5.41) is 2.90. The minimum atomic E-state index is -0.111. The van der Waals surface area contributed by atoms with Gasteiger partial charge in [0.1, 0.15) is 5.75 Å². The highest BCUT2D eigenvalue weighted by Gasteiger charge is 2.06. The predicted octanol–water partition coefficient (Wildman–Crippen LogP) is 5.56. The summed E-state index contributed by atoms with van der Waals surface area (Å²) in [4.78, 5) is 12.3. The van der Waals surface area contributed by atoms with Gasteiger partial charge in [0.25, 0.3) is 5.91 Å². The zero-order chi connectivity index (χ0) is 18.2. The second kappa shape index (κ2) is 9.38. The first kappa shape index (κ1) is 18.5. The summed E-state index contributed by atoms with van der Waals surface area (Å²) in [6.45, 7) is 0.670. The van der Waals surface area contributed by atoms with E-state index in [-0.39, 0.29) is 5.91 Å². The fourth-order valence-electron chi connectivity index (χ4n) is 2.58. The van der Waals surface area contributed by atoms with E-state index in [0.29, 0.717) is 12.2 Å². The molecule has 0 aliphatic rings. The van der Waals surface area contributed by atoms with Crippen LogP contribution in [0, 0.1) is 3.57 Å². The van der Waals surface area contributed by atoms with E-state index in [1.807, 2.05) is 54.6 Å². The van der Waals surface area contributed by atoms with E-state index in [4.69, 9.17) is 4.74 Å². The number of amides is 1. The number of anilines is 1. The van der Waals surface area contributed by atoms with Crippen molar-refractivity contribution in [3.63, 3.8) is 0 Å². The third-order valence-corrected chi connectivity index (χ3v) is 4.59. The molecule has 132 valence electrons. The van der Waals surface area contributed by atoms with Crippen molar-refractivity contribution in [1.82, 2.24) is 0 Å². The Morgan fingerprint density at radius 1 is 0.923 bits per heavy atom. The first-order chi connectivity index (χ1) is 12.7. The largest absolute Gasteiger partial charge is 0.494 e. The molecule has 3 aromatic rings. The number of ether oxygens (including phenoxy) is 1. The standard InChI is InChI=1S/C22H20INO2/c23-19-10-4-9-18(16-19)22(25)24-20-11-13-21(14-12-20)26-15-5-8-17-6-2-1-3-7-17/h1-4,6-7,9-14,16H,5,8,15H2,(H,24,25). The summed E-state index contributed by atoms with van der Waals surface area (Å²) in [6.07, 6.45) is 1.97. The van der Waals surface area contributed by atoms with Gasteiger partial charge in [-0.1, -0.05) is 36.4 Å². The van der Waals surface area contributed by atoms with Crippen molar-refractivity contribution in [1.29, 1.82) is 0 Å². The molecule has 0 saturated heterocycles. The molecular weight excluding hydrogens is 437 g/mol. The summed E-state index contributed by atoms with van der Waals surface area (Å²) < 4.78 is 6.81. The Kier molecular flexibility index (Phi) is 6.66. The van der Waals surface area contributed by atoms with Gasteiger partial charge >= 0.3 is 0 Å². The molecule has 0 spiro atoms. The second-order valence-electron chi connectivity index (χ2n) is 5.93. The highest BCUT2D eigenvalue weighted by molar-refractivity contribution is 14.1. The highest BCUT2D eigenvalue weighted by atomic mass is 127. The minimum absolute atomic E-state index is 0.111. The van der Waals surface area contributed by atoms with E-state index in [2.05, 4.69) is 52.2 Å². The first-order valence-corrected chi connectivity index (χ1v) is 9.62. The molecule has 0 atom stereocenters. The van der Waals surface area contributed by atoms with Gasteiger partial charge < -0.3 is 10.1 Å². The third kappa shape index (κ3) is 5.59. The minimum Gasteiger partial charge on any atom is -0.494 e. The number of hydrogen-bond acceptors (Lipinski definition) is 2. The number of hydrogen-bond donors (Lipinski definition) is 1. The van der Waals surface area contributed by atoms with Gasteiger partial charge in [0.2, 0.25) is 0 Å². The number of nitrogens with one attached hydrogen (secondary N) is 1. The van der Waals surface area contributed by atoms with E-state index in [9.17, 15) is 4.79 Å². The fourth-order valence-corrected chi connectivity index (χ4v) is 3.12. The molecule has 0 fully saturated rings. The fraction of sp³-hybridized carbons (Fsp3) is 0.136. The van der Waals surface area contributed by atoms with Gasteiger partial charge in [0.15, 0.2) is 0 Å². The van der Waals surface area contributed by atoms with E-state index >= 15 is 0 Å². The molecule has 26 heavy (non-hydrogen) atoms. The van der Waals surface area contributed by atoms with Gasteiger partial charge in [-0.15, -0.1) is 0 Å². The Labute approximate surface area is 167 Å². The van der Waals surface area contributed by atoms with Crippen LogP contribution in [-0.4, -0.2) is 12.5 Å². The molecule has 0 radical (unpaired) electrons. The van der Waals surface area contributed by atoms with Crippen molar-refractivity contribution < 1.29 is 9.53 Å². The zero-order valence-corrected chi connectivity index (χ0v) is 16.5. The SMILES string of the molecule is O=C(Nc1ccc(OCCCc2ccccc2)cc1)c1cccc(I)c1. The lowest BCUT2D eigenvalue weighted by atomic mass is 10.1. The quantitative estimate of drug-likeness (QED) is 0.373. The Balaban J connectivity index is 1.46. The number of rotatable bonds is 7. The molecule has 1 amide bonds. The molecule has 0 aliphatic heterocycles. The molecule has 3 aromatic carbocycles. The predicted molar refractivity (Wildman–Crippen MR) is 114 cm³/mol. The van der Waals surface area contributed by atoms with Crippen molar-refractivity contribution in [2.45, 2.75) is 12.8 Å². The maximum absolute atomic E-state index is 12.3. The van der Waals surface area contributed by atoms with Crippen LogP contribution in [0.5, 0.6) is 5.75 Å². The molecular formula is C22H20INO2. The van der Waals surface area contributed by atoms with Crippen LogP contribution in [0.3, 0.4) is 0 Å². The summed E-state index contributed by atoms with van der Waals surface area (Å²) in [6, 6.07) is 25.4. The van der Waals surface area contributed by atoms with Crippen molar-refractivity contribution in [2.75, 3.05) is 11.9 Å². The average molecular weight is 457 g/mol. The maximum Gasteiger partial charge on any atom is 0.255 e. The summed E-state index contributed by atoms with van der Waals surface area (Å²) in [5.41, 5.74) is 2.73. The van der Waals surface area contributed by atoms with Crippen LogP contribution in [0.2, 0.25) is 0 Å². The maximum atomic E-state index is 12.3. The lowest BCUT2D eigenvalue weighted by Crippen LogP contribution is -2.11. The van der Waals surface area contributed by atoms with E-state index in [0.717, 1.165) is 27.8 Å². The van der Waals surface area contributed by atoms with Crippen LogP contribution < -0.4 is 10.1 Å². The number of halogens is 1. The molecule has 0 unspecified atom stereocenters. The molecule has 0 saturated carbocycles.